The van der Waals surface area contributed by atoms with Crippen molar-refractivity contribution in [2.75, 3.05) is 34.7 Å². The van der Waals surface area contributed by atoms with Crippen molar-refractivity contribution in [3.05, 3.63) is 0 Å². The molecule has 1 aliphatic heterocycles. The van der Waals surface area contributed by atoms with Crippen LogP contribution in [0, 0.1) is 0 Å². The zero-order chi connectivity index (χ0) is 12.5. The molecule has 1 atom stereocenters. The van der Waals surface area contributed by atoms with Crippen LogP contribution < -0.4 is 0 Å². The van der Waals surface area contributed by atoms with Crippen molar-refractivity contribution in [3.63, 3.8) is 0 Å². The molecule has 0 radical (unpaired) electrons. The summed E-state index contributed by atoms with van der Waals surface area (Å²) in [6.45, 7) is 0.421. The Labute approximate surface area is 97.0 Å². The number of carbonyl (C=O) groups excluding carboxylic acids is 1. The number of likely N-dealkylation sites (N-methyl/N-ethyl adjacent to an activating group) is 1. The topological polar surface area (TPSA) is 60.9 Å². The van der Waals surface area contributed by atoms with Crippen molar-refractivity contribution in [2.45, 2.75) is 18.9 Å². The highest BCUT2D eigenvalue weighted by Crippen LogP contribution is 2.23. The molecule has 1 heterocycles. The second kappa shape index (κ2) is 4.68. The van der Waals surface area contributed by atoms with Crippen LogP contribution >= 0.6 is 0 Å². The molecule has 94 valence electrons. The van der Waals surface area contributed by atoms with E-state index < -0.39 is 16.3 Å². The quantitative estimate of drug-likeness (QED) is 0.667. The fourth-order valence-electron chi connectivity index (χ4n) is 1.77. The van der Waals surface area contributed by atoms with Crippen molar-refractivity contribution in [1.82, 2.24) is 13.5 Å². The lowest BCUT2D eigenvalue weighted by atomic mass is 10.2. The van der Waals surface area contributed by atoms with Gasteiger partial charge in [0.2, 0.25) is 5.91 Å². The van der Waals surface area contributed by atoms with Gasteiger partial charge in [-0.3, -0.25) is 4.79 Å². The van der Waals surface area contributed by atoms with Crippen LogP contribution in [0.1, 0.15) is 12.8 Å². The monoisotopic (exact) mass is 249 g/mol. The molecule has 0 N–H and O–H groups in total. The summed E-state index contributed by atoms with van der Waals surface area (Å²) in [7, 11) is 2.75. The number of carbonyl (C=O) groups is 1. The van der Waals surface area contributed by atoms with Crippen LogP contribution in [-0.4, -0.2) is 68.6 Å². The van der Waals surface area contributed by atoms with Gasteiger partial charge in [-0.15, -0.1) is 0 Å². The highest BCUT2D eigenvalue weighted by Gasteiger charge is 2.40. The summed E-state index contributed by atoms with van der Waals surface area (Å²) >= 11 is 0. The molecule has 0 aromatic heterocycles. The normalized spacial score (nSPS) is 22.7. The molecular weight excluding hydrogens is 230 g/mol. The van der Waals surface area contributed by atoms with Gasteiger partial charge >= 0.3 is 0 Å². The van der Waals surface area contributed by atoms with Gasteiger partial charge in [0.25, 0.3) is 10.2 Å². The fourth-order valence-corrected chi connectivity index (χ4v) is 3.07. The van der Waals surface area contributed by atoms with Crippen LogP contribution in [0.5, 0.6) is 0 Å². The standard InChI is InChI=1S/C9H19N3O3S/c1-10(2)9(13)8-6-5-7-12(8)16(14,15)11(3)4/h8H,5-7H2,1-4H3/t8-/m1/s1. The molecule has 0 saturated carbocycles. The van der Waals surface area contributed by atoms with Crippen molar-refractivity contribution >= 4 is 16.1 Å². The number of amides is 1. The SMILES string of the molecule is CN(C)C(=O)[C@H]1CCCN1S(=O)(=O)N(C)C. The number of hydrogen-bond donors (Lipinski definition) is 0. The van der Waals surface area contributed by atoms with Gasteiger partial charge in [-0.25, -0.2) is 0 Å². The van der Waals surface area contributed by atoms with E-state index in [9.17, 15) is 13.2 Å². The molecule has 0 aromatic rings. The average Bonchev–Trinajstić information content (AvgIpc) is 2.64. The first kappa shape index (κ1) is 13.4. The van der Waals surface area contributed by atoms with Crippen molar-refractivity contribution in [2.24, 2.45) is 0 Å². The predicted molar refractivity (Wildman–Crippen MR) is 61.0 cm³/mol. The second-order valence-corrected chi connectivity index (χ2v) is 6.39. The van der Waals surface area contributed by atoms with Gasteiger partial charge in [-0.1, -0.05) is 0 Å². The maximum Gasteiger partial charge on any atom is 0.282 e. The lowest BCUT2D eigenvalue weighted by molar-refractivity contribution is -0.132. The summed E-state index contributed by atoms with van der Waals surface area (Å²) in [5.41, 5.74) is 0. The zero-order valence-electron chi connectivity index (χ0n) is 10.2. The third kappa shape index (κ3) is 2.36. The Morgan fingerprint density at radius 1 is 1.25 bits per heavy atom. The lowest BCUT2D eigenvalue weighted by Gasteiger charge is -2.27. The third-order valence-corrected chi connectivity index (χ3v) is 4.64. The third-order valence-electron chi connectivity index (χ3n) is 2.69. The summed E-state index contributed by atoms with van der Waals surface area (Å²) in [6.07, 6.45) is 1.33. The van der Waals surface area contributed by atoms with Crippen molar-refractivity contribution < 1.29 is 13.2 Å². The predicted octanol–water partition coefficient (Wildman–Crippen LogP) is -0.655. The van der Waals surface area contributed by atoms with E-state index in [0.717, 1.165) is 10.7 Å². The summed E-state index contributed by atoms with van der Waals surface area (Å²) in [6, 6.07) is -0.539. The summed E-state index contributed by atoms with van der Waals surface area (Å²) in [5, 5.41) is 0. The number of nitrogens with zero attached hydrogens (tertiary/aromatic N) is 3. The van der Waals surface area contributed by atoms with Crippen molar-refractivity contribution in [3.8, 4) is 0 Å². The summed E-state index contributed by atoms with van der Waals surface area (Å²) < 4.78 is 26.3. The van der Waals surface area contributed by atoms with Gasteiger partial charge in [-0.2, -0.15) is 17.0 Å². The Bertz CT molecular complexity index is 364. The Hall–Kier alpha value is -0.660. The summed E-state index contributed by atoms with van der Waals surface area (Å²) in [5.74, 6) is -0.150. The van der Waals surface area contributed by atoms with E-state index in [0.29, 0.717) is 13.0 Å². The van der Waals surface area contributed by atoms with E-state index in [1.165, 1.54) is 23.3 Å². The van der Waals surface area contributed by atoms with Crippen LogP contribution in [-0.2, 0) is 15.0 Å². The zero-order valence-corrected chi connectivity index (χ0v) is 11.0. The van der Waals surface area contributed by atoms with Gasteiger partial charge in [0.05, 0.1) is 0 Å². The second-order valence-electron chi connectivity index (χ2n) is 4.29. The van der Waals surface area contributed by atoms with Crippen LogP contribution in [0.3, 0.4) is 0 Å². The minimum Gasteiger partial charge on any atom is -0.347 e. The molecule has 0 bridgehead atoms. The van der Waals surface area contributed by atoms with Gasteiger partial charge in [0.1, 0.15) is 6.04 Å². The molecule has 16 heavy (non-hydrogen) atoms. The molecule has 1 saturated heterocycles. The van der Waals surface area contributed by atoms with E-state index in [-0.39, 0.29) is 5.91 Å². The van der Waals surface area contributed by atoms with E-state index in [4.69, 9.17) is 0 Å². The van der Waals surface area contributed by atoms with Crippen LogP contribution in [0.25, 0.3) is 0 Å². The Morgan fingerprint density at radius 3 is 2.25 bits per heavy atom. The average molecular weight is 249 g/mol. The van der Waals surface area contributed by atoms with Crippen LogP contribution in [0.15, 0.2) is 0 Å². The smallest absolute Gasteiger partial charge is 0.282 e. The highest BCUT2D eigenvalue weighted by molar-refractivity contribution is 7.86. The van der Waals surface area contributed by atoms with Gasteiger partial charge in [0, 0.05) is 34.7 Å². The minimum atomic E-state index is -3.49. The van der Waals surface area contributed by atoms with E-state index in [1.807, 2.05) is 0 Å². The number of hydrogen-bond acceptors (Lipinski definition) is 3. The molecule has 0 aliphatic carbocycles. The molecule has 0 spiro atoms. The molecule has 1 amide bonds. The minimum absolute atomic E-state index is 0.150. The molecule has 7 heteroatoms. The van der Waals surface area contributed by atoms with E-state index in [1.54, 1.807) is 14.1 Å². The molecular formula is C9H19N3O3S. The summed E-state index contributed by atoms with van der Waals surface area (Å²) in [4.78, 5) is 13.3. The Kier molecular flexibility index (Phi) is 3.92. The first-order chi connectivity index (χ1) is 7.28. The molecule has 1 rings (SSSR count). The molecule has 0 aromatic carbocycles. The van der Waals surface area contributed by atoms with E-state index in [2.05, 4.69) is 0 Å². The van der Waals surface area contributed by atoms with Gasteiger partial charge in [0.15, 0.2) is 0 Å². The highest BCUT2D eigenvalue weighted by atomic mass is 32.2. The first-order valence-corrected chi connectivity index (χ1v) is 6.58. The molecule has 1 fully saturated rings. The largest absolute Gasteiger partial charge is 0.347 e. The Morgan fingerprint density at radius 2 is 1.81 bits per heavy atom. The lowest BCUT2D eigenvalue weighted by Crippen LogP contribution is -2.49. The maximum absolute atomic E-state index is 12.0. The van der Waals surface area contributed by atoms with E-state index >= 15 is 0 Å². The molecule has 0 unspecified atom stereocenters. The maximum atomic E-state index is 12.0. The van der Waals surface area contributed by atoms with Crippen LogP contribution in [0.4, 0.5) is 0 Å². The van der Waals surface area contributed by atoms with Gasteiger partial charge < -0.3 is 4.90 Å². The molecule has 6 nitrogen and oxygen atoms in total. The molecule has 1 aliphatic rings. The Balaban J connectivity index is 2.94. The number of rotatable bonds is 3. The van der Waals surface area contributed by atoms with Crippen molar-refractivity contribution in [1.29, 1.82) is 0 Å². The fraction of sp³-hybridized carbons (Fsp3) is 0.889. The van der Waals surface area contributed by atoms with Crippen LogP contribution in [0.2, 0.25) is 0 Å². The van der Waals surface area contributed by atoms with Gasteiger partial charge in [-0.05, 0) is 12.8 Å². The first-order valence-electron chi connectivity index (χ1n) is 5.19.